The fourth-order valence-electron chi connectivity index (χ4n) is 0.858. The van der Waals surface area contributed by atoms with E-state index in [1.807, 2.05) is 0 Å². The van der Waals surface area contributed by atoms with Gasteiger partial charge in [0.25, 0.3) is 0 Å². The Morgan fingerprint density at radius 3 is 2.55 bits per heavy atom. The molecule has 1 unspecified atom stereocenters. The van der Waals surface area contributed by atoms with Gasteiger partial charge < -0.3 is 10.7 Å². The fourth-order valence-corrected chi connectivity index (χ4v) is 0.858. The van der Waals surface area contributed by atoms with Crippen LogP contribution < -0.4 is 5.73 Å². The van der Waals surface area contributed by atoms with Crippen molar-refractivity contribution in [2.24, 2.45) is 11.1 Å². The number of nitrogens with one attached hydrogen (secondary N) is 1. The first-order valence-corrected chi connectivity index (χ1v) is 3.76. The van der Waals surface area contributed by atoms with Crippen molar-refractivity contribution in [1.29, 1.82) is 0 Å². The van der Waals surface area contributed by atoms with Crippen LogP contribution in [-0.4, -0.2) is 9.97 Å². The summed E-state index contributed by atoms with van der Waals surface area (Å²) in [6, 6.07) is -0.0162. The van der Waals surface area contributed by atoms with Gasteiger partial charge in [-0.3, -0.25) is 0 Å². The topological polar surface area (TPSA) is 54.7 Å². The minimum Gasteiger partial charge on any atom is -0.347 e. The van der Waals surface area contributed by atoms with Gasteiger partial charge in [0.1, 0.15) is 5.82 Å². The van der Waals surface area contributed by atoms with Gasteiger partial charge in [-0.25, -0.2) is 4.98 Å². The van der Waals surface area contributed by atoms with Crippen molar-refractivity contribution in [3.63, 3.8) is 0 Å². The highest BCUT2D eigenvalue weighted by Crippen LogP contribution is 2.27. The van der Waals surface area contributed by atoms with E-state index in [-0.39, 0.29) is 11.5 Å². The number of aromatic amines is 1. The molecule has 0 radical (unpaired) electrons. The van der Waals surface area contributed by atoms with E-state index < -0.39 is 0 Å². The zero-order valence-electron chi connectivity index (χ0n) is 7.26. The molecule has 62 valence electrons. The van der Waals surface area contributed by atoms with Crippen molar-refractivity contribution in [1.82, 2.24) is 9.97 Å². The van der Waals surface area contributed by atoms with Crippen LogP contribution in [-0.2, 0) is 0 Å². The van der Waals surface area contributed by atoms with Gasteiger partial charge in [-0.1, -0.05) is 20.8 Å². The van der Waals surface area contributed by atoms with Crippen LogP contribution in [0.2, 0.25) is 0 Å². The molecular weight excluding hydrogens is 138 g/mol. The minimum absolute atomic E-state index is 0.0162. The van der Waals surface area contributed by atoms with Gasteiger partial charge in [0, 0.05) is 12.4 Å². The molecule has 0 aliphatic carbocycles. The van der Waals surface area contributed by atoms with Crippen LogP contribution in [0.5, 0.6) is 0 Å². The summed E-state index contributed by atoms with van der Waals surface area (Å²) in [6.45, 7) is 6.29. The van der Waals surface area contributed by atoms with Crippen molar-refractivity contribution in [2.45, 2.75) is 26.8 Å². The normalized spacial score (nSPS) is 14.9. The maximum Gasteiger partial charge on any atom is 0.123 e. The molecule has 0 fully saturated rings. The molecule has 0 amide bonds. The summed E-state index contributed by atoms with van der Waals surface area (Å²) < 4.78 is 0. The number of nitrogens with zero attached hydrogens (tertiary/aromatic N) is 1. The van der Waals surface area contributed by atoms with E-state index in [0.717, 1.165) is 5.82 Å². The first kappa shape index (κ1) is 8.27. The molecule has 0 aromatic carbocycles. The molecule has 1 rings (SSSR count). The number of H-pyrrole nitrogens is 1. The summed E-state index contributed by atoms with van der Waals surface area (Å²) in [4.78, 5) is 7.11. The van der Waals surface area contributed by atoms with Gasteiger partial charge in [-0.05, 0) is 5.41 Å². The number of hydrogen-bond donors (Lipinski definition) is 2. The average molecular weight is 153 g/mol. The zero-order chi connectivity index (χ0) is 8.48. The van der Waals surface area contributed by atoms with Crippen LogP contribution >= 0.6 is 0 Å². The van der Waals surface area contributed by atoms with E-state index >= 15 is 0 Å². The number of imidazole rings is 1. The first-order chi connectivity index (χ1) is 5.02. The molecule has 0 aliphatic rings. The van der Waals surface area contributed by atoms with Crippen LogP contribution in [0.3, 0.4) is 0 Å². The lowest BCUT2D eigenvalue weighted by atomic mass is 9.87. The summed E-state index contributed by atoms with van der Waals surface area (Å²) in [5.41, 5.74) is 5.99. The van der Waals surface area contributed by atoms with E-state index in [1.165, 1.54) is 0 Å². The Bertz CT molecular complexity index is 208. The van der Waals surface area contributed by atoms with Crippen molar-refractivity contribution in [3.05, 3.63) is 18.2 Å². The Morgan fingerprint density at radius 2 is 2.18 bits per heavy atom. The SMILES string of the molecule is CC(C)(C)C(N)c1ncc[nH]1. The van der Waals surface area contributed by atoms with Crippen molar-refractivity contribution >= 4 is 0 Å². The maximum atomic E-state index is 5.92. The number of rotatable bonds is 1. The molecule has 0 saturated heterocycles. The molecule has 3 N–H and O–H groups in total. The lowest BCUT2D eigenvalue weighted by Gasteiger charge is -2.24. The molecule has 0 spiro atoms. The Balaban J connectivity index is 2.78. The summed E-state index contributed by atoms with van der Waals surface area (Å²) in [5.74, 6) is 0.859. The van der Waals surface area contributed by atoms with E-state index in [9.17, 15) is 0 Å². The predicted molar refractivity (Wildman–Crippen MR) is 45.0 cm³/mol. The number of aromatic nitrogens is 2. The quantitative estimate of drug-likeness (QED) is 0.641. The predicted octanol–water partition coefficient (Wildman–Crippen LogP) is 1.46. The molecular formula is C8H15N3. The van der Waals surface area contributed by atoms with Crippen molar-refractivity contribution in [3.8, 4) is 0 Å². The standard InChI is InChI=1S/C8H15N3/c1-8(2,3)6(9)7-10-4-5-11-7/h4-6H,9H2,1-3H3,(H,10,11). The lowest BCUT2D eigenvalue weighted by molar-refractivity contribution is 0.317. The van der Waals surface area contributed by atoms with Gasteiger partial charge in [-0.2, -0.15) is 0 Å². The summed E-state index contributed by atoms with van der Waals surface area (Å²) in [7, 11) is 0. The second-order valence-corrected chi connectivity index (χ2v) is 3.82. The molecule has 1 aromatic rings. The fraction of sp³-hybridized carbons (Fsp3) is 0.625. The third kappa shape index (κ3) is 1.80. The molecule has 3 heteroatoms. The van der Waals surface area contributed by atoms with Crippen LogP contribution in [0.4, 0.5) is 0 Å². The third-order valence-corrected chi connectivity index (χ3v) is 1.75. The van der Waals surface area contributed by atoms with Crippen molar-refractivity contribution in [2.75, 3.05) is 0 Å². The summed E-state index contributed by atoms with van der Waals surface area (Å²) >= 11 is 0. The lowest BCUT2D eigenvalue weighted by Crippen LogP contribution is -2.27. The van der Waals surface area contributed by atoms with Crippen molar-refractivity contribution < 1.29 is 0 Å². The smallest absolute Gasteiger partial charge is 0.123 e. The molecule has 1 atom stereocenters. The molecule has 0 bridgehead atoms. The van der Waals surface area contributed by atoms with E-state index in [4.69, 9.17) is 5.73 Å². The minimum atomic E-state index is -0.0162. The third-order valence-electron chi connectivity index (χ3n) is 1.75. The summed E-state index contributed by atoms with van der Waals surface area (Å²) in [6.07, 6.45) is 3.52. The van der Waals surface area contributed by atoms with E-state index in [1.54, 1.807) is 12.4 Å². The molecule has 3 nitrogen and oxygen atoms in total. The average Bonchev–Trinajstić information content (AvgIpc) is 2.34. The van der Waals surface area contributed by atoms with E-state index in [0.29, 0.717) is 0 Å². The summed E-state index contributed by atoms with van der Waals surface area (Å²) in [5, 5.41) is 0. The van der Waals surface area contributed by atoms with Crippen LogP contribution in [0.25, 0.3) is 0 Å². The second kappa shape index (κ2) is 2.66. The molecule has 1 aromatic heterocycles. The van der Waals surface area contributed by atoms with Gasteiger partial charge in [-0.15, -0.1) is 0 Å². The Labute approximate surface area is 67.0 Å². The Hall–Kier alpha value is -0.830. The highest BCUT2D eigenvalue weighted by Gasteiger charge is 2.23. The zero-order valence-corrected chi connectivity index (χ0v) is 7.26. The maximum absolute atomic E-state index is 5.92. The van der Waals surface area contributed by atoms with Crippen LogP contribution in [0.15, 0.2) is 12.4 Å². The number of nitrogens with two attached hydrogens (primary N) is 1. The number of hydrogen-bond acceptors (Lipinski definition) is 2. The highest BCUT2D eigenvalue weighted by molar-refractivity contribution is 4.98. The van der Waals surface area contributed by atoms with Gasteiger partial charge >= 0.3 is 0 Å². The van der Waals surface area contributed by atoms with Crippen LogP contribution in [0.1, 0.15) is 32.6 Å². The Kier molecular flexibility index (Phi) is 2.00. The Morgan fingerprint density at radius 1 is 1.55 bits per heavy atom. The van der Waals surface area contributed by atoms with Crippen LogP contribution in [0, 0.1) is 5.41 Å². The largest absolute Gasteiger partial charge is 0.347 e. The van der Waals surface area contributed by atoms with Gasteiger partial charge in [0.15, 0.2) is 0 Å². The van der Waals surface area contributed by atoms with E-state index in [2.05, 4.69) is 30.7 Å². The molecule has 0 aliphatic heterocycles. The second-order valence-electron chi connectivity index (χ2n) is 3.82. The molecule has 1 heterocycles. The molecule has 11 heavy (non-hydrogen) atoms. The first-order valence-electron chi connectivity index (χ1n) is 3.76. The van der Waals surface area contributed by atoms with Gasteiger partial charge in [0.2, 0.25) is 0 Å². The van der Waals surface area contributed by atoms with Gasteiger partial charge in [0.05, 0.1) is 6.04 Å². The molecule has 0 saturated carbocycles. The monoisotopic (exact) mass is 153 g/mol. The highest BCUT2D eigenvalue weighted by atomic mass is 14.9.